The van der Waals surface area contributed by atoms with Gasteiger partial charge in [0.25, 0.3) is 6.20 Å². The van der Waals surface area contributed by atoms with E-state index in [-0.39, 0.29) is 0 Å². The van der Waals surface area contributed by atoms with Crippen LogP contribution in [0.25, 0.3) is 10.9 Å². The molecule has 0 amide bonds. The maximum Gasteiger partial charge on any atom is 0.258 e. The predicted octanol–water partition coefficient (Wildman–Crippen LogP) is 0.883. The maximum atomic E-state index is 10.7. The maximum absolute atomic E-state index is 10.7. The first-order valence-corrected chi connectivity index (χ1v) is 3.28. The molecule has 2 aromatic rings. The Morgan fingerprint density at radius 1 is 1.45 bits per heavy atom. The summed E-state index contributed by atoms with van der Waals surface area (Å²) in [5.74, 6) is 0. The van der Waals surface area contributed by atoms with Crippen molar-refractivity contribution in [3.8, 4) is 0 Å². The minimum atomic E-state index is 0.663. The molecule has 0 spiro atoms. The Balaban J connectivity index is 2.94. The van der Waals surface area contributed by atoms with Crippen molar-refractivity contribution in [2.24, 2.45) is 0 Å². The van der Waals surface area contributed by atoms with Crippen molar-refractivity contribution in [3.63, 3.8) is 0 Å². The Labute approximate surface area is 62.9 Å². The third-order valence-electron chi connectivity index (χ3n) is 1.50. The fourth-order valence-electron chi connectivity index (χ4n) is 0.983. The van der Waals surface area contributed by atoms with Gasteiger partial charge in [0.2, 0.25) is 0 Å². The Morgan fingerprint density at radius 3 is 3.27 bits per heavy atom. The molecule has 1 aromatic heterocycles. The summed E-state index contributed by atoms with van der Waals surface area (Å²) in [6, 6.07) is 10.2. The number of nitrogens with one attached hydrogen (secondary N) is 1. The number of aromatic nitrogens is 2. The third kappa shape index (κ3) is 1.00. The Morgan fingerprint density at radius 2 is 2.36 bits per heavy atom. The summed E-state index contributed by atoms with van der Waals surface area (Å²) < 4.78 is 0.663. The zero-order valence-electron chi connectivity index (χ0n) is 5.74. The van der Waals surface area contributed by atoms with Gasteiger partial charge in [0.05, 0.1) is 4.91 Å². The van der Waals surface area contributed by atoms with E-state index in [1.54, 1.807) is 6.07 Å². The number of rotatable bonds is 0. The van der Waals surface area contributed by atoms with E-state index in [1.165, 1.54) is 6.20 Å². The molecule has 0 aliphatic carbocycles. The number of benzene rings is 1. The van der Waals surface area contributed by atoms with Gasteiger partial charge in [-0.1, -0.05) is 12.1 Å². The van der Waals surface area contributed by atoms with E-state index < -0.39 is 0 Å². The second-order valence-corrected chi connectivity index (χ2v) is 2.25. The molecule has 11 heavy (non-hydrogen) atoms. The second-order valence-electron chi connectivity index (χ2n) is 2.25. The topological polar surface area (TPSA) is 38.8 Å². The van der Waals surface area contributed by atoms with Gasteiger partial charge in [-0.15, -0.1) is 5.10 Å². The molecule has 0 unspecified atom stereocenters. The van der Waals surface area contributed by atoms with Crippen LogP contribution in [0.2, 0.25) is 0 Å². The third-order valence-corrected chi connectivity index (χ3v) is 1.50. The van der Waals surface area contributed by atoms with Gasteiger partial charge in [-0.05, 0) is 12.1 Å². The lowest BCUT2D eigenvalue weighted by molar-refractivity contribution is -0.561. The summed E-state index contributed by atoms with van der Waals surface area (Å²) >= 11 is 0. The predicted molar refractivity (Wildman–Crippen MR) is 40.5 cm³/mol. The Kier molecular flexibility index (Phi) is 1.22. The first-order valence-electron chi connectivity index (χ1n) is 3.28. The van der Waals surface area contributed by atoms with Crippen molar-refractivity contribution in [2.75, 3.05) is 0 Å². The molecule has 0 aliphatic rings. The molecule has 0 bridgehead atoms. The van der Waals surface area contributed by atoms with Crippen molar-refractivity contribution < 1.29 is 4.54 Å². The van der Waals surface area contributed by atoms with Gasteiger partial charge in [0, 0.05) is 11.5 Å². The van der Waals surface area contributed by atoms with E-state index in [9.17, 15) is 4.91 Å². The van der Waals surface area contributed by atoms with Gasteiger partial charge in [0.1, 0.15) is 5.52 Å². The lowest BCUT2D eigenvalue weighted by Crippen LogP contribution is -2.17. The SMILES string of the molecule is O=[n+]1ccc2[c]cccc2[nH]1. The molecule has 0 aliphatic heterocycles. The highest BCUT2D eigenvalue weighted by atomic mass is 16.3. The van der Waals surface area contributed by atoms with Crippen molar-refractivity contribution >= 4 is 10.9 Å². The van der Waals surface area contributed by atoms with Crippen molar-refractivity contribution in [1.82, 2.24) is 5.10 Å². The quantitative estimate of drug-likeness (QED) is 0.550. The molecule has 0 saturated carbocycles. The van der Waals surface area contributed by atoms with Crippen LogP contribution in [0.4, 0.5) is 0 Å². The number of hydrogen-bond donors (Lipinski definition) is 1. The highest BCUT2D eigenvalue weighted by Crippen LogP contribution is 2.04. The molecule has 0 atom stereocenters. The van der Waals surface area contributed by atoms with E-state index in [0.29, 0.717) is 4.54 Å². The number of fused-ring (bicyclic) bond motifs is 1. The summed E-state index contributed by atoms with van der Waals surface area (Å²) in [5, 5.41) is 3.54. The van der Waals surface area contributed by atoms with E-state index in [1.807, 2.05) is 18.2 Å². The van der Waals surface area contributed by atoms with Crippen LogP contribution in [0.5, 0.6) is 0 Å². The van der Waals surface area contributed by atoms with Gasteiger partial charge in [-0.2, -0.15) is 0 Å². The standard InChI is InChI=1S/C8H6N2O/c11-10-6-5-7-3-1-2-4-8(7)9-10/h1-2,4-6H,(H,9,11)/q+1. The number of aromatic amines is 1. The average Bonchev–Trinajstić information content (AvgIpc) is 2.04. The molecule has 1 N–H and O–H groups in total. The normalized spacial score (nSPS) is 10.2. The van der Waals surface area contributed by atoms with Crippen LogP contribution in [0, 0.1) is 11.0 Å². The fraction of sp³-hybridized carbons (Fsp3) is 0. The number of H-pyrrole nitrogens is 1. The summed E-state index contributed by atoms with van der Waals surface area (Å²) in [7, 11) is 0. The van der Waals surface area contributed by atoms with Crippen LogP contribution < -0.4 is 4.54 Å². The van der Waals surface area contributed by atoms with Crippen molar-refractivity contribution in [3.05, 3.63) is 41.4 Å². The van der Waals surface area contributed by atoms with Gasteiger partial charge in [0.15, 0.2) is 4.54 Å². The second kappa shape index (κ2) is 2.20. The zero-order valence-corrected chi connectivity index (χ0v) is 5.74. The Bertz CT molecular complexity index is 433. The van der Waals surface area contributed by atoms with Crippen LogP contribution in [0.1, 0.15) is 0 Å². The smallest absolute Gasteiger partial charge is 0.114 e. The van der Waals surface area contributed by atoms with E-state index in [0.717, 1.165) is 10.9 Å². The minimum Gasteiger partial charge on any atom is -0.114 e. The summed E-state index contributed by atoms with van der Waals surface area (Å²) in [6.07, 6.45) is 1.42. The van der Waals surface area contributed by atoms with Crippen LogP contribution in [-0.2, 0) is 0 Å². The highest BCUT2D eigenvalue weighted by Gasteiger charge is 1.95. The minimum absolute atomic E-state index is 0.663. The monoisotopic (exact) mass is 146 g/mol. The average molecular weight is 146 g/mol. The largest absolute Gasteiger partial charge is 0.258 e. The molecule has 1 aromatic carbocycles. The first kappa shape index (κ1) is 6.09. The molecule has 3 heteroatoms. The van der Waals surface area contributed by atoms with E-state index >= 15 is 0 Å². The molecule has 2 rings (SSSR count). The molecule has 1 radical (unpaired) electrons. The molecular weight excluding hydrogens is 140 g/mol. The van der Waals surface area contributed by atoms with Crippen molar-refractivity contribution in [2.45, 2.75) is 0 Å². The molecule has 53 valence electrons. The lowest BCUT2D eigenvalue weighted by atomic mass is 10.2. The van der Waals surface area contributed by atoms with Crippen LogP contribution >= 0.6 is 0 Å². The van der Waals surface area contributed by atoms with Gasteiger partial charge in [-0.25, -0.2) is 0 Å². The van der Waals surface area contributed by atoms with E-state index in [2.05, 4.69) is 11.2 Å². The molecular formula is C8H6N2O+. The summed E-state index contributed by atoms with van der Waals surface area (Å²) in [6.45, 7) is 0. The summed E-state index contributed by atoms with van der Waals surface area (Å²) in [4.78, 5) is 10.7. The van der Waals surface area contributed by atoms with E-state index in [4.69, 9.17) is 0 Å². The van der Waals surface area contributed by atoms with Gasteiger partial charge < -0.3 is 0 Å². The van der Waals surface area contributed by atoms with Gasteiger partial charge in [-0.3, -0.25) is 0 Å². The Hall–Kier alpha value is -1.64. The molecule has 0 saturated heterocycles. The molecule has 3 nitrogen and oxygen atoms in total. The number of hydrogen-bond acceptors (Lipinski definition) is 1. The zero-order chi connectivity index (χ0) is 7.68. The first-order chi connectivity index (χ1) is 5.36. The number of nitrogens with zero attached hydrogens (tertiary/aromatic N) is 1. The van der Waals surface area contributed by atoms with Crippen LogP contribution in [0.15, 0.2) is 30.5 Å². The van der Waals surface area contributed by atoms with Gasteiger partial charge >= 0.3 is 0 Å². The lowest BCUT2D eigenvalue weighted by Gasteiger charge is -1.87. The highest BCUT2D eigenvalue weighted by molar-refractivity contribution is 5.75. The van der Waals surface area contributed by atoms with Crippen molar-refractivity contribution in [1.29, 1.82) is 0 Å². The van der Waals surface area contributed by atoms with Crippen LogP contribution in [-0.4, -0.2) is 5.10 Å². The summed E-state index contributed by atoms with van der Waals surface area (Å²) in [5.41, 5.74) is 0.796. The molecule has 1 heterocycles. The molecule has 0 fully saturated rings. The fourth-order valence-corrected chi connectivity index (χ4v) is 0.983. The van der Waals surface area contributed by atoms with Crippen LogP contribution in [0.3, 0.4) is 0 Å².